The van der Waals surface area contributed by atoms with Gasteiger partial charge in [-0.25, -0.2) is 14.8 Å². The Labute approximate surface area is 151 Å². The highest BCUT2D eigenvalue weighted by Gasteiger charge is 2.29. The number of aromatic nitrogens is 2. The maximum atomic E-state index is 12.2. The lowest BCUT2D eigenvalue weighted by atomic mass is 9.96. The number of rotatable bonds is 2. The molecule has 0 N–H and O–H groups in total. The molecule has 0 bridgehead atoms. The zero-order valence-electron chi connectivity index (χ0n) is 16.7. The molecule has 6 nitrogen and oxygen atoms in total. The number of anilines is 1. The predicted octanol–water partition coefficient (Wildman–Crippen LogP) is 3.61. The molecule has 0 unspecified atom stereocenters. The van der Waals surface area contributed by atoms with Crippen LogP contribution in [0, 0.1) is 0 Å². The molecule has 25 heavy (non-hydrogen) atoms. The fourth-order valence-electron chi connectivity index (χ4n) is 2.85. The first-order valence-corrected chi connectivity index (χ1v) is 9.01. The summed E-state index contributed by atoms with van der Waals surface area (Å²) in [6, 6.07) is 2.17. The highest BCUT2D eigenvalue weighted by atomic mass is 16.6. The van der Waals surface area contributed by atoms with Crippen molar-refractivity contribution in [3.05, 3.63) is 18.1 Å². The Bertz CT molecular complexity index is 596. The van der Waals surface area contributed by atoms with Crippen LogP contribution in [0.2, 0.25) is 0 Å². The van der Waals surface area contributed by atoms with Gasteiger partial charge in [-0.3, -0.25) is 0 Å². The van der Waals surface area contributed by atoms with E-state index in [2.05, 4.69) is 30.7 Å². The minimum atomic E-state index is -0.462. The number of nitrogens with zero attached hydrogens (tertiary/aromatic N) is 4. The van der Waals surface area contributed by atoms with Gasteiger partial charge in [-0.05, 0) is 39.7 Å². The summed E-state index contributed by atoms with van der Waals surface area (Å²) in [7, 11) is 1.83. The van der Waals surface area contributed by atoms with E-state index in [-0.39, 0.29) is 17.6 Å². The number of ether oxygens (including phenoxy) is 1. The first-order valence-electron chi connectivity index (χ1n) is 9.01. The van der Waals surface area contributed by atoms with Crippen LogP contribution in [0.1, 0.15) is 60.2 Å². The van der Waals surface area contributed by atoms with Crippen molar-refractivity contribution in [3.8, 4) is 0 Å². The van der Waals surface area contributed by atoms with Crippen LogP contribution in [0.5, 0.6) is 0 Å². The van der Waals surface area contributed by atoms with Crippen LogP contribution in [0.3, 0.4) is 0 Å². The summed E-state index contributed by atoms with van der Waals surface area (Å²) < 4.78 is 5.47. The number of piperidine rings is 1. The maximum absolute atomic E-state index is 12.2. The number of hydrogen-bond donors (Lipinski definition) is 0. The molecule has 2 heterocycles. The summed E-state index contributed by atoms with van der Waals surface area (Å²) in [6.07, 6.45) is 3.40. The van der Waals surface area contributed by atoms with Gasteiger partial charge in [0.05, 0.1) is 0 Å². The number of amides is 1. The normalized spacial score (nSPS) is 16.7. The second-order valence-corrected chi connectivity index (χ2v) is 8.80. The van der Waals surface area contributed by atoms with E-state index in [0.717, 1.165) is 37.6 Å². The number of carbonyl (C=O) groups is 1. The van der Waals surface area contributed by atoms with Crippen molar-refractivity contribution >= 4 is 11.9 Å². The molecule has 0 aliphatic carbocycles. The van der Waals surface area contributed by atoms with Gasteiger partial charge in [-0.2, -0.15) is 0 Å². The Morgan fingerprint density at radius 2 is 1.80 bits per heavy atom. The van der Waals surface area contributed by atoms with Crippen molar-refractivity contribution in [3.63, 3.8) is 0 Å². The van der Waals surface area contributed by atoms with Crippen LogP contribution in [-0.4, -0.2) is 52.7 Å². The molecule has 0 atom stereocenters. The third kappa shape index (κ3) is 5.31. The first-order chi connectivity index (χ1) is 11.5. The van der Waals surface area contributed by atoms with E-state index in [9.17, 15) is 4.79 Å². The Balaban J connectivity index is 1.97. The molecule has 1 aliphatic rings. The fourth-order valence-corrected chi connectivity index (χ4v) is 2.85. The fraction of sp³-hybridized carbons (Fsp3) is 0.737. The molecule has 0 radical (unpaired) electrons. The summed E-state index contributed by atoms with van der Waals surface area (Å²) in [4.78, 5) is 25.4. The number of carbonyl (C=O) groups excluding carboxylic acids is 1. The van der Waals surface area contributed by atoms with Gasteiger partial charge < -0.3 is 14.5 Å². The quantitative estimate of drug-likeness (QED) is 0.817. The molecule has 2 rings (SSSR count). The van der Waals surface area contributed by atoms with E-state index in [1.807, 2.05) is 40.1 Å². The van der Waals surface area contributed by atoms with Crippen LogP contribution >= 0.6 is 0 Å². The summed E-state index contributed by atoms with van der Waals surface area (Å²) in [5.74, 6) is 1.83. The number of hydrogen-bond acceptors (Lipinski definition) is 5. The molecule has 1 fully saturated rings. The molecule has 0 saturated carbocycles. The smallest absolute Gasteiger partial charge is 0.410 e. The summed E-state index contributed by atoms with van der Waals surface area (Å²) in [6.45, 7) is 13.8. The summed E-state index contributed by atoms with van der Waals surface area (Å²) >= 11 is 0. The second-order valence-electron chi connectivity index (χ2n) is 8.80. The Morgan fingerprint density at radius 3 is 2.32 bits per heavy atom. The predicted molar refractivity (Wildman–Crippen MR) is 100.0 cm³/mol. The van der Waals surface area contributed by atoms with Gasteiger partial charge in [-0.1, -0.05) is 20.8 Å². The minimum absolute atomic E-state index is 0.0642. The van der Waals surface area contributed by atoms with Crippen molar-refractivity contribution in [2.45, 2.75) is 71.4 Å². The van der Waals surface area contributed by atoms with Crippen molar-refractivity contribution in [1.29, 1.82) is 0 Å². The van der Waals surface area contributed by atoms with Gasteiger partial charge in [0, 0.05) is 37.8 Å². The molecule has 0 spiro atoms. The zero-order valence-corrected chi connectivity index (χ0v) is 16.7. The molecule has 140 valence electrons. The second kappa shape index (κ2) is 7.18. The summed E-state index contributed by atoms with van der Waals surface area (Å²) in [5, 5.41) is 0. The van der Waals surface area contributed by atoms with Gasteiger partial charge in [0.2, 0.25) is 0 Å². The first kappa shape index (κ1) is 19.5. The molecular formula is C19H32N4O2. The van der Waals surface area contributed by atoms with Gasteiger partial charge in [-0.15, -0.1) is 0 Å². The standard InChI is InChI=1S/C19H32N4O2/c1-18(2,3)16-20-11-8-15(21-16)23-12-9-14(10-13-23)22(7)17(24)25-19(4,5)6/h8,11,14H,9-10,12-13H2,1-7H3. The van der Waals surface area contributed by atoms with Crippen LogP contribution in [-0.2, 0) is 10.2 Å². The average Bonchev–Trinajstić information content (AvgIpc) is 2.52. The molecular weight excluding hydrogens is 316 g/mol. The molecule has 1 amide bonds. The van der Waals surface area contributed by atoms with Gasteiger partial charge in [0.25, 0.3) is 0 Å². The van der Waals surface area contributed by atoms with E-state index in [1.165, 1.54) is 0 Å². The van der Waals surface area contributed by atoms with Crippen LogP contribution in [0.4, 0.5) is 10.6 Å². The van der Waals surface area contributed by atoms with Gasteiger partial charge >= 0.3 is 6.09 Å². The van der Waals surface area contributed by atoms with E-state index in [0.29, 0.717) is 0 Å². The lowest BCUT2D eigenvalue weighted by Gasteiger charge is -2.37. The molecule has 1 aliphatic heterocycles. The van der Waals surface area contributed by atoms with E-state index >= 15 is 0 Å². The largest absolute Gasteiger partial charge is 0.444 e. The van der Waals surface area contributed by atoms with Crippen LogP contribution in [0.15, 0.2) is 12.3 Å². The SMILES string of the molecule is CN(C(=O)OC(C)(C)C)C1CCN(c2ccnc(C(C)(C)C)n2)CC1. The average molecular weight is 348 g/mol. The van der Waals surface area contributed by atoms with Gasteiger partial charge in [0.15, 0.2) is 0 Å². The summed E-state index contributed by atoms with van der Waals surface area (Å²) in [5.41, 5.74) is -0.526. The lowest BCUT2D eigenvalue weighted by Crippen LogP contribution is -2.47. The van der Waals surface area contributed by atoms with Gasteiger partial charge in [0.1, 0.15) is 17.2 Å². The molecule has 1 aromatic heterocycles. The van der Waals surface area contributed by atoms with Crippen molar-refractivity contribution in [2.24, 2.45) is 0 Å². The minimum Gasteiger partial charge on any atom is -0.444 e. The third-order valence-electron chi connectivity index (χ3n) is 4.33. The monoisotopic (exact) mass is 348 g/mol. The van der Waals surface area contributed by atoms with E-state index in [1.54, 1.807) is 4.90 Å². The lowest BCUT2D eigenvalue weighted by molar-refractivity contribution is 0.0201. The van der Waals surface area contributed by atoms with Crippen molar-refractivity contribution in [2.75, 3.05) is 25.0 Å². The maximum Gasteiger partial charge on any atom is 0.410 e. The van der Waals surface area contributed by atoms with Crippen molar-refractivity contribution < 1.29 is 9.53 Å². The van der Waals surface area contributed by atoms with Crippen LogP contribution in [0.25, 0.3) is 0 Å². The third-order valence-corrected chi connectivity index (χ3v) is 4.33. The van der Waals surface area contributed by atoms with Crippen molar-refractivity contribution in [1.82, 2.24) is 14.9 Å². The Hall–Kier alpha value is -1.85. The van der Waals surface area contributed by atoms with E-state index < -0.39 is 5.60 Å². The van der Waals surface area contributed by atoms with Crippen LogP contribution < -0.4 is 4.90 Å². The zero-order chi connectivity index (χ0) is 18.8. The highest BCUT2D eigenvalue weighted by Crippen LogP contribution is 2.24. The Kier molecular flexibility index (Phi) is 5.59. The molecule has 0 aromatic carbocycles. The molecule has 1 aromatic rings. The van der Waals surface area contributed by atoms with E-state index in [4.69, 9.17) is 9.72 Å². The highest BCUT2D eigenvalue weighted by molar-refractivity contribution is 5.68. The molecule has 6 heteroatoms. The molecule has 1 saturated heterocycles. The Morgan fingerprint density at radius 1 is 1.20 bits per heavy atom. The topological polar surface area (TPSA) is 58.6 Å².